The fraction of sp³-hybridized carbons (Fsp3) is 0. The van der Waals surface area contributed by atoms with Crippen LogP contribution < -0.4 is 3.65 Å². The molecule has 0 aliphatic rings. The molecule has 0 aromatic rings. The molecule has 0 unspecified atom stereocenters. The van der Waals surface area contributed by atoms with Crippen molar-refractivity contribution in [2.75, 3.05) is 0 Å². The van der Waals surface area contributed by atoms with E-state index in [1.165, 1.54) is 0 Å². The van der Waals surface area contributed by atoms with Crippen LogP contribution in [0.4, 0.5) is 0 Å². The van der Waals surface area contributed by atoms with E-state index in [2.05, 4.69) is 0 Å². The monoisotopic (exact) mass is 194 g/mol. The first kappa shape index (κ1) is 6.80. The van der Waals surface area contributed by atoms with Gasteiger partial charge in [0.05, 0.1) is 0 Å². The zero-order valence-corrected chi connectivity index (χ0v) is 5.56. The van der Waals surface area contributed by atoms with Gasteiger partial charge < -0.3 is 0 Å². The SMILES string of the molecule is O=P(O)(O)[NH][Mo]. The first-order chi connectivity index (χ1) is 2.56. The standard InChI is InChI=1S/Mo.H3NO3P/c;1-5(2,3)4/h;(H3-,1,2,3,4)/q+1;-1. The Hall–Kier alpha value is 0.798. The second-order valence-electron chi connectivity index (χ2n) is 0.635. The van der Waals surface area contributed by atoms with E-state index in [4.69, 9.17) is 9.79 Å². The van der Waals surface area contributed by atoms with Gasteiger partial charge in [0.2, 0.25) is 0 Å². The Morgan fingerprint density at radius 1 is 1.67 bits per heavy atom. The Kier molecular flexibility index (Phi) is 2.49. The van der Waals surface area contributed by atoms with Crippen LogP contribution in [0.5, 0.6) is 0 Å². The fourth-order valence-corrected chi connectivity index (χ4v) is 0. The molecule has 0 atom stereocenters. The molecule has 4 nitrogen and oxygen atoms in total. The average Bonchev–Trinajstić information content (AvgIpc) is 1.35. The van der Waals surface area contributed by atoms with Crippen LogP contribution in [0.1, 0.15) is 0 Å². The van der Waals surface area contributed by atoms with Crippen molar-refractivity contribution in [1.29, 1.82) is 0 Å². The molecule has 0 fully saturated rings. The normalized spacial score (nSPS) is 11.7. The number of nitrogens with one attached hydrogen (secondary N) is 1. The van der Waals surface area contributed by atoms with Gasteiger partial charge in [-0.25, -0.2) is 0 Å². The number of hydrogen-bond donors (Lipinski definition) is 3. The maximum atomic E-state index is 9.59. The molecule has 37 valence electrons. The van der Waals surface area contributed by atoms with E-state index in [-0.39, 0.29) is 0 Å². The molecular weight excluding hydrogens is 189 g/mol. The molecule has 3 N–H and O–H groups in total. The Labute approximate surface area is 46.4 Å². The minimum atomic E-state index is -3.89. The third-order valence-corrected chi connectivity index (χ3v) is 2.11. The molecule has 0 rings (SSSR count). The third-order valence-electron chi connectivity index (χ3n) is 0.119. The topological polar surface area (TPSA) is 69.6 Å². The van der Waals surface area contributed by atoms with Crippen molar-refractivity contribution < 1.29 is 34.4 Å². The van der Waals surface area contributed by atoms with Crippen molar-refractivity contribution >= 4 is 7.75 Å². The van der Waals surface area contributed by atoms with Crippen LogP contribution in [0, 0.1) is 0 Å². The van der Waals surface area contributed by atoms with Crippen LogP contribution in [0.2, 0.25) is 0 Å². The summed E-state index contributed by atoms with van der Waals surface area (Å²) in [6, 6.07) is 0. The second kappa shape index (κ2) is 2.20. The Morgan fingerprint density at radius 2 is 1.83 bits per heavy atom. The molecule has 0 aromatic carbocycles. The summed E-state index contributed by atoms with van der Waals surface area (Å²) in [4.78, 5) is 15.7. The zero-order chi connectivity index (χ0) is 5.21. The predicted molar refractivity (Wildman–Crippen MR) is 15.2 cm³/mol. The summed E-state index contributed by atoms with van der Waals surface area (Å²) < 4.78 is 11.4. The van der Waals surface area contributed by atoms with E-state index in [1.807, 2.05) is 0 Å². The molecule has 0 saturated carbocycles. The first-order valence-electron chi connectivity index (χ1n) is 1.01. The van der Waals surface area contributed by atoms with E-state index < -0.39 is 7.75 Å². The average molecular weight is 192 g/mol. The van der Waals surface area contributed by atoms with E-state index in [9.17, 15) is 4.57 Å². The molecule has 0 aliphatic heterocycles. The van der Waals surface area contributed by atoms with Crippen LogP contribution in [-0.2, 0) is 24.6 Å². The summed E-state index contributed by atoms with van der Waals surface area (Å²) in [7, 11) is -3.89. The van der Waals surface area contributed by atoms with Gasteiger partial charge >= 0.3 is 45.8 Å². The van der Waals surface area contributed by atoms with Gasteiger partial charge in [0.15, 0.2) is 0 Å². The van der Waals surface area contributed by atoms with Crippen LogP contribution in [0.25, 0.3) is 0 Å². The molecule has 0 aromatic heterocycles. The van der Waals surface area contributed by atoms with Gasteiger partial charge in [0.1, 0.15) is 0 Å². The summed E-state index contributed by atoms with van der Waals surface area (Å²) in [5, 5.41) is 0. The van der Waals surface area contributed by atoms with Gasteiger partial charge in [-0.05, 0) is 0 Å². The molecular formula is H3MoNO3P. The van der Waals surface area contributed by atoms with Crippen molar-refractivity contribution in [2.24, 2.45) is 0 Å². The van der Waals surface area contributed by atoms with Gasteiger partial charge in [-0.3, -0.25) is 0 Å². The molecule has 0 heterocycles. The van der Waals surface area contributed by atoms with Crippen molar-refractivity contribution in [1.82, 2.24) is 3.65 Å². The summed E-state index contributed by atoms with van der Waals surface area (Å²) in [5.74, 6) is 0. The van der Waals surface area contributed by atoms with Gasteiger partial charge in [0.25, 0.3) is 0 Å². The number of rotatable bonds is 1. The van der Waals surface area contributed by atoms with E-state index in [0.29, 0.717) is 0 Å². The molecule has 0 radical (unpaired) electrons. The van der Waals surface area contributed by atoms with Crippen LogP contribution in [0.15, 0.2) is 0 Å². The van der Waals surface area contributed by atoms with Crippen LogP contribution in [-0.4, -0.2) is 9.79 Å². The predicted octanol–water partition coefficient (Wildman–Crippen LogP) is -0.870. The maximum absolute atomic E-state index is 9.59. The molecule has 6 heavy (non-hydrogen) atoms. The summed E-state index contributed by atoms with van der Waals surface area (Å²) in [6.45, 7) is 0. The molecule has 0 spiro atoms. The van der Waals surface area contributed by atoms with E-state index >= 15 is 0 Å². The third kappa shape index (κ3) is 4.80. The zero-order valence-electron chi connectivity index (χ0n) is 2.66. The van der Waals surface area contributed by atoms with Crippen molar-refractivity contribution in [2.45, 2.75) is 0 Å². The van der Waals surface area contributed by atoms with E-state index in [1.54, 1.807) is 3.65 Å². The summed E-state index contributed by atoms with van der Waals surface area (Å²) in [5.41, 5.74) is 0. The molecule has 6 heteroatoms. The quantitative estimate of drug-likeness (QED) is 0.373. The van der Waals surface area contributed by atoms with Crippen LogP contribution >= 0.6 is 7.75 Å². The first-order valence-corrected chi connectivity index (χ1v) is 3.63. The van der Waals surface area contributed by atoms with Gasteiger partial charge in [-0.2, -0.15) is 0 Å². The number of hydrogen-bond acceptors (Lipinski definition) is 1. The van der Waals surface area contributed by atoms with Crippen molar-refractivity contribution in [3.63, 3.8) is 0 Å². The van der Waals surface area contributed by atoms with Crippen molar-refractivity contribution in [3.05, 3.63) is 0 Å². The van der Waals surface area contributed by atoms with Gasteiger partial charge in [0, 0.05) is 0 Å². The molecule has 0 aliphatic carbocycles. The summed E-state index contributed by atoms with van der Waals surface area (Å²) >= 11 is 1.13. The minimum absolute atomic E-state index is 1.13. The van der Waals surface area contributed by atoms with Crippen molar-refractivity contribution in [3.8, 4) is 0 Å². The molecule has 0 bridgehead atoms. The Morgan fingerprint density at radius 3 is 1.83 bits per heavy atom. The van der Waals surface area contributed by atoms with E-state index in [0.717, 1.165) is 20.1 Å². The van der Waals surface area contributed by atoms with Gasteiger partial charge in [-0.15, -0.1) is 0 Å². The van der Waals surface area contributed by atoms with Crippen LogP contribution in [0.3, 0.4) is 0 Å². The van der Waals surface area contributed by atoms with Gasteiger partial charge in [-0.1, -0.05) is 0 Å². The molecule has 0 amide bonds. The molecule has 0 saturated heterocycles. The fourth-order valence-electron chi connectivity index (χ4n) is 0. The summed E-state index contributed by atoms with van der Waals surface area (Å²) in [6.07, 6.45) is 0. The Bertz CT molecular complexity index is 74.9. The second-order valence-corrected chi connectivity index (χ2v) is 3.25. The Balaban J connectivity index is 3.48.